The van der Waals surface area contributed by atoms with Gasteiger partial charge in [0.05, 0.1) is 6.54 Å². The maximum absolute atomic E-state index is 11.4. The molecule has 19 heavy (non-hydrogen) atoms. The van der Waals surface area contributed by atoms with Crippen molar-refractivity contribution < 1.29 is 4.52 Å². The summed E-state index contributed by atoms with van der Waals surface area (Å²) in [6.45, 7) is 0.486. The van der Waals surface area contributed by atoms with Gasteiger partial charge in [-0.15, -0.1) is 0 Å². The van der Waals surface area contributed by atoms with Crippen molar-refractivity contribution in [3.63, 3.8) is 0 Å². The summed E-state index contributed by atoms with van der Waals surface area (Å²) >= 11 is 0. The van der Waals surface area contributed by atoms with E-state index < -0.39 is 5.76 Å². The Morgan fingerprint density at radius 1 is 0.947 bits per heavy atom. The average molecular weight is 252 g/mol. The van der Waals surface area contributed by atoms with Crippen LogP contribution >= 0.6 is 0 Å². The Morgan fingerprint density at radius 2 is 1.58 bits per heavy atom. The molecule has 0 spiro atoms. The lowest BCUT2D eigenvalue weighted by molar-refractivity contribution is 0.268. The van der Waals surface area contributed by atoms with Gasteiger partial charge in [0, 0.05) is 5.56 Å². The third-order valence-corrected chi connectivity index (χ3v) is 2.82. The first-order valence-electron chi connectivity index (χ1n) is 6.00. The van der Waals surface area contributed by atoms with Crippen molar-refractivity contribution in [2.24, 2.45) is 0 Å². The van der Waals surface area contributed by atoms with E-state index in [1.807, 2.05) is 60.7 Å². The highest BCUT2D eigenvalue weighted by Gasteiger charge is 2.10. The first kappa shape index (κ1) is 11.5. The van der Waals surface area contributed by atoms with Gasteiger partial charge in [-0.3, -0.25) is 0 Å². The van der Waals surface area contributed by atoms with Crippen LogP contribution in [0.4, 0.5) is 0 Å². The molecule has 0 saturated heterocycles. The molecule has 0 fully saturated rings. The number of benzene rings is 2. The Morgan fingerprint density at radius 3 is 2.26 bits per heavy atom. The highest BCUT2D eigenvalue weighted by Crippen LogP contribution is 2.16. The van der Waals surface area contributed by atoms with E-state index in [2.05, 4.69) is 4.98 Å². The molecule has 0 amide bonds. The van der Waals surface area contributed by atoms with Gasteiger partial charge in [0.25, 0.3) is 0 Å². The Hall–Kier alpha value is -2.62. The van der Waals surface area contributed by atoms with Crippen molar-refractivity contribution in [3.05, 3.63) is 76.8 Å². The summed E-state index contributed by atoms with van der Waals surface area (Å²) in [5, 5.41) is 0. The second-order valence-electron chi connectivity index (χ2n) is 4.18. The van der Waals surface area contributed by atoms with Gasteiger partial charge >= 0.3 is 5.76 Å². The maximum Gasteiger partial charge on any atom is 0.460 e. The minimum Gasteiger partial charge on any atom is -0.318 e. The van der Waals surface area contributed by atoms with Crippen LogP contribution in [-0.2, 0) is 6.54 Å². The normalized spacial score (nSPS) is 10.5. The van der Waals surface area contributed by atoms with E-state index in [0.29, 0.717) is 12.4 Å². The van der Waals surface area contributed by atoms with Crippen LogP contribution in [0.1, 0.15) is 5.56 Å². The summed E-state index contributed by atoms with van der Waals surface area (Å²) in [6, 6.07) is 19.3. The van der Waals surface area contributed by atoms with Crippen LogP contribution in [0, 0.1) is 0 Å². The van der Waals surface area contributed by atoms with Gasteiger partial charge in [-0.25, -0.2) is 4.79 Å². The first-order valence-corrected chi connectivity index (χ1v) is 6.00. The molecule has 4 heteroatoms. The maximum atomic E-state index is 11.4. The molecule has 0 aliphatic heterocycles. The number of nitrogens with zero attached hydrogens (tertiary/aromatic N) is 2. The number of rotatable bonds is 3. The molecule has 2 aromatic carbocycles. The largest absolute Gasteiger partial charge is 0.460 e. The van der Waals surface area contributed by atoms with Gasteiger partial charge in [0.15, 0.2) is 5.82 Å². The van der Waals surface area contributed by atoms with E-state index in [0.717, 1.165) is 11.1 Å². The summed E-state index contributed by atoms with van der Waals surface area (Å²) < 4.78 is 6.64. The third-order valence-electron chi connectivity index (χ3n) is 2.82. The monoisotopic (exact) mass is 252 g/mol. The molecule has 4 nitrogen and oxygen atoms in total. The Balaban J connectivity index is 2.01. The molecule has 1 heterocycles. The third kappa shape index (κ3) is 2.47. The zero-order valence-electron chi connectivity index (χ0n) is 10.2. The van der Waals surface area contributed by atoms with Crippen molar-refractivity contribution in [3.8, 4) is 11.4 Å². The van der Waals surface area contributed by atoms with E-state index >= 15 is 0 Å². The molecule has 0 unspecified atom stereocenters. The van der Waals surface area contributed by atoms with Gasteiger partial charge in [-0.2, -0.15) is 9.72 Å². The predicted molar refractivity (Wildman–Crippen MR) is 71.7 cm³/mol. The fourth-order valence-electron chi connectivity index (χ4n) is 1.95. The van der Waals surface area contributed by atoms with Crippen LogP contribution in [0.2, 0.25) is 0 Å². The molecule has 0 atom stereocenters. The van der Waals surface area contributed by atoms with Crippen molar-refractivity contribution in [2.75, 3.05) is 0 Å². The van der Waals surface area contributed by atoms with Crippen LogP contribution in [0.25, 0.3) is 11.4 Å². The quantitative estimate of drug-likeness (QED) is 0.719. The molecular weight excluding hydrogens is 240 g/mol. The standard InChI is InChI=1S/C15H12N2O2/c18-15-16-14(13-9-5-2-6-10-13)17(19-15)11-12-7-3-1-4-8-12/h1-10H,11H2. The lowest BCUT2D eigenvalue weighted by Gasteiger charge is -2.04. The Bertz CT molecular complexity index is 715. The lowest BCUT2D eigenvalue weighted by Crippen LogP contribution is -2.01. The molecule has 3 aromatic rings. The summed E-state index contributed by atoms with van der Waals surface area (Å²) in [6.07, 6.45) is 0. The summed E-state index contributed by atoms with van der Waals surface area (Å²) in [4.78, 5) is 15.3. The summed E-state index contributed by atoms with van der Waals surface area (Å²) in [5.74, 6) is -0.0239. The topological polar surface area (TPSA) is 48.0 Å². The molecule has 0 aliphatic rings. The number of aromatic nitrogens is 2. The second kappa shape index (κ2) is 4.94. The highest BCUT2D eigenvalue weighted by atomic mass is 16.5. The molecule has 1 aromatic heterocycles. The fraction of sp³-hybridized carbons (Fsp3) is 0.0667. The molecule has 0 saturated carbocycles. The van der Waals surface area contributed by atoms with Crippen molar-refractivity contribution >= 4 is 0 Å². The Kier molecular flexibility index (Phi) is 2.98. The van der Waals surface area contributed by atoms with Gasteiger partial charge in [-0.05, 0) is 5.56 Å². The molecule has 3 rings (SSSR count). The van der Waals surface area contributed by atoms with E-state index in [-0.39, 0.29) is 0 Å². The van der Waals surface area contributed by atoms with Crippen LogP contribution in [0.5, 0.6) is 0 Å². The molecule has 94 valence electrons. The molecule has 0 radical (unpaired) electrons. The van der Waals surface area contributed by atoms with Gasteiger partial charge in [0.1, 0.15) is 0 Å². The highest BCUT2D eigenvalue weighted by molar-refractivity contribution is 5.54. The Labute approximate surface area is 109 Å². The average Bonchev–Trinajstić information content (AvgIpc) is 2.82. The molecular formula is C15H12N2O2. The zero-order chi connectivity index (χ0) is 13.1. The first-order chi connectivity index (χ1) is 9.33. The summed E-state index contributed by atoms with van der Waals surface area (Å²) in [5.41, 5.74) is 1.92. The number of hydrogen-bond donors (Lipinski definition) is 0. The SMILES string of the molecule is O=c1nc(-c2ccccc2)n(Cc2ccccc2)o1. The lowest BCUT2D eigenvalue weighted by atomic mass is 10.2. The van der Waals surface area contributed by atoms with Crippen LogP contribution in [-0.4, -0.2) is 9.72 Å². The zero-order valence-corrected chi connectivity index (χ0v) is 10.2. The van der Waals surface area contributed by atoms with Crippen molar-refractivity contribution in [1.82, 2.24) is 9.72 Å². The van der Waals surface area contributed by atoms with E-state index in [4.69, 9.17) is 4.52 Å². The second-order valence-corrected chi connectivity index (χ2v) is 4.18. The molecule has 0 aliphatic carbocycles. The van der Waals surface area contributed by atoms with Crippen LogP contribution in [0.15, 0.2) is 70.0 Å². The number of hydrogen-bond acceptors (Lipinski definition) is 3. The van der Waals surface area contributed by atoms with Crippen molar-refractivity contribution in [1.29, 1.82) is 0 Å². The molecule has 0 bridgehead atoms. The van der Waals surface area contributed by atoms with Crippen molar-refractivity contribution in [2.45, 2.75) is 6.54 Å². The van der Waals surface area contributed by atoms with Gasteiger partial charge in [-0.1, -0.05) is 60.7 Å². The van der Waals surface area contributed by atoms with Crippen LogP contribution in [0.3, 0.4) is 0 Å². The van der Waals surface area contributed by atoms with E-state index in [1.165, 1.54) is 4.74 Å². The fourth-order valence-corrected chi connectivity index (χ4v) is 1.95. The minimum absolute atomic E-state index is 0.486. The van der Waals surface area contributed by atoms with Crippen LogP contribution < -0.4 is 5.76 Å². The molecule has 0 N–H and O–H groups in total. The smallest absolute Gasteiger partial charge is 0.318 e. The minimum atomic E-state index is -0.574. The van der Waals surface area contributed by atoms with Gasteiger partial charge in [0.2, 0.25) is 0 Å². The predicted octanol–water partition coefficient (Wildman–Crippen LogP) is 2.55. The van der Waals surface area contributed by atoms with E-state index in [1.54, 1.807) is 0 Å². The summed E-state index contributed by atoms with van der Waals surface area (Å²) in [7, 11) is 0. The van der Waals surface area contributed by atoms with Gasteiger partial charge < -0.3 is 4.52 Å². The van der Waals surface area contributed by atoms with E-state index in [9.17, 15) is 4.79 Å².